The molecule has 0 unspecified atom stereocenters. The molecule has 88 valence electrons. The van der Waals surface area contributed by atoms with Crippen LogP contribution in [0.25, 0.3) is 10.8 Å². The molecule has 0 atom stereocenters. The Morgan fingerprint density at radius 1 is 1.12 bits per heavy atom. The van der Waals surface area contributed by atoms with Gasteiger partial charge in [-0.3, -0.25) is 4.79 Å². The molecule has 0 aliphatic heterocycles. The standard InChI is InChI=1S/C15H16O2/c1-10(2)13-9-8-12-6-4-5-7-14(12)15(13)17-11(3)16/h4-10H,1-3H3. The highest BCUT2D eigenvalue weighted by molar-refractivity contribution is 5.91. The lowest BCUT2D eigenvalue weighted by atomic mass is 9.97. The first-order valence-corrected chi connectivity index (χ1v) is 5.79. The molecular weight excluding hydrogens is 212 g/mol. The van der Waals surface area contributed by atoms with Crippen LogP contribution in [0.4, 0.5) is 0 Å². The molecular formula is C15H16O2. The number of rotatable bonds is 2. The molecule has 0 spiro atoms. The van der Waals surface area contributed by atoms with E-state index >= 15 is 0 Å². The lowest BCUT2D eigenvalue weighted by Gasteiger charge is -2.14. The first-order chi connectivity index (χ1) is 8.09. The van der Waals surface area contributed by atoms with Crippen LogP contribution < -0.4 is 4.74 Å². The highest BCUT2D eigenvalue weighted by atomic mass is 16.5. The summed E-state index contributed by atoms with van der Waals surface area (Å²) in [4.78, 5) is 11.2. The van der Waals surface area contributed by atoms with Crippen LogP contribution in [0.2, 0.25) is 0 Å². The van der Waals surface area contributed by atoms with Gasteiger partial charge in [-0.25, -0.2) is 0 Å². The van der Waals surface area contributed by atoms with Crippen LogP contribution >= 0.6 is 0 Å². The smallest absolute Gasteiger partial charge is 0.308 e. The summed E-state index contributed by atoms with van der Waals surface area (Å²) in [6, 6.07) is 12.0. The largest absolute Gasteiger partial charge is 0.426 e. The van der Waals surface area contributed by atoms with Gasteiger partial charge in [0.25, 0.3) is 0 Å². The fraction of sp³-hybridized carbons (Fsp3) is 0.267. The number of carbonyl (C=O) groups excluding carboxylic acids is 1. The van der Waals surface area contributed by atoms with E-state index in [1.54, 1.807) is 0 Å². The van der Waals surface area contributed by atoms with Crippen LogP contribution in [-0.2, 0) is 4.79 Å². The van der Waals surface area contributed by atoms with Gasteiger partial charge in [0.2, 0.25) is 0 Å². The molecule has 0 saturated heterocycles. The Labute approximate surface area is 101 Å². The highest BCUT2D eigenvalue weighted by Crippen LogP contribution is 2.34. The average molecular weight is 228 g/mol. The zero-order valence-corrected chi connectivity index (χ0v) is 10.4. The molecule has 2 nitrogen and oxygen atoms in total. The molecule has 0 heterocycles. The highest BCUT2D eigenvalue weighted by Gasteiger charge is 2.13. The van der Waals surface area contributed by atoms with Gasteiger partial charge in [0.1, 0.15) is 5.75 Å². The molecule has 0 aliphatic rings. The number of hydrogen-bond acceptors (Lipinski definition) is 2. The summed E-state index contributed by atoms with van der Waals surface area (Å²) in [7, 11) is 0. The molecule has 0 amide bonds. The quantitative estimate of drug-likeness (QED) is 0.575. The maximum absolute atomic E-state index is 11.2. The third-order valence-electron chi connectivity index (χ3n) is 2.78. The monoisotopic (exact) mass is 228 g/mol. The minimum Gasteiger partial charge on any atom is -0.426 e. The Morgan fingerprint density at radius 3 is 2.47 bits per heavy atom. The van der Waals surface area contributed by atoms with E-state index in [0.29, 0.717) is 11.7 Å². The van der Waals surface area contributed by atoms with Crippen molar-refractivity contribution in [3.05, 3.63) is 42.0 Å². The van der Waals surface area contributed by atoms with Gasteiger partial charge in [-0.2, -0.15) is 0 Å². The van der Waals surface area contributed by atoms with Gasteiger partial charge in [-0.1, -0.05) is 50.2 Å². The fourth-order valence-corrected chi connectivity index (χ4v) is 1.97. The van der Waals surface area contributed by atoms with Crippen LogP contribution in [-0.4, -0.2) is 5.97 Å². The molecule has 2 heteroatoms. The number of carbonyl (C=O) groups is 1. The van der Waals surface area contributed by atoms with E-state index in [4.69, 9.17) is 4.74 Å². The molecule has 0 N–H and O–H groups in total. The van der Waals surface area contributed by atoms with Gasteiger partial charge in [0.15, 0.2) is 0 Å². The normalized spacial score (nSPS) is 10.8. The summed E-state index contributed by atoms with van der Waals surface area (Å²) in [5, 5.41) is 2.09. The van der Waals surface area contributed by atoms with Gasteiger partial charge in [0.05, 0.1) is 0 Å². The fourth-order valence-electron chi connectivity index (χ4n) is 1.97. The third-order valence-corrected chi connectivity index (χ3v) is 2.78. The van der Waals surface area contributed by atoms with Gasteiger partial charge < -0.3 is 4.74 Å². The van der Waals surface area contributed by atoms with E-state index in [2.05, 4.69) is 19.9 Å². The van der Waals surface area contributed by atoms with Crippen molar-refractivity contribution in [1.82, 2.24) is 0 Å². The Bertz CT molecular complexity index is 556. The zero-order chi connectivity index (χ0) is 12.4. The van der Waals surface area contributed by atoms with Gasteiger partial charge >= 0.3 is 5.97 Å². The van der Waals surface area contributed by atoms with Crippen LogP contribution in [0.1, 0.15) is 32.3 Å². The molecule has 0 fully saturated rings. The van der Waals surface area contributed by atoms with Crippen molar-refractivity contribution >= 4 is 16.7 Å². The number of hydrogen-bond donors (Lipinski definition) is 0. The van der Waals surface area contributed by atoms with Crippen molar-refractivity contribution in [3.8, 4) is 5.75 Å². The van der Waals surface area contributed by atoms with E-state index in [-0.39, 0.29) is 5.97 Å². The predicted molar refractivity (Wildman–Crippen MR) is 69.3 cm³/mol. The first kappa shape index (κ1) is 11.6. The first-order valence-electron chi connectivity index (χ1n) is 5.79. The van der Waals surface area contributed by atoms with E-state index in [1.165, 1.54) is 6.92 Å². The van der Waals surface area contributed by atoms with Crippen molar-refractivity contribution in [2.75, 3.05) is 0 Å². The van der Waals surface area contributed by atoms with Gasteiger partial charge in [0, 0.05) is 12.3 Å². The van der Waals surface area contributed by atoms with E-state index < -0.39 is 0 Å². The zero-order valence-electron chi connectivity index (χ0n) is 10.4. The van der Waals surface area contributed by atoms with Crippen molar-refractivity contribution in [1.29, 1.82) is 0 Å². The maximum Gasteiger partial charge on any atom is 0.308 e. The van der Waals surface area contributed by atoms with Crippen LogP contribution in [0.15, 0.2) is 36.4 Å². The van der Waals surface area contributed by atoms with Crippen LogP contribution in [0.5, 0.6) is 5.75 Å². The lowest BCUT2D eigenvalue weighted by molar-refractivity contribution is -0.131. The Balaban J connectivity index is 2.70. The second kappa shape index (κ2) is 4.58. The predicted octanol–water partition coefficient (Wildman–Crippen LogP) is 3.89. The number of fused-ring (bicyclic) bond motifs is 1. The molecule has 0 saturated carbocycles. The Kier molecular flexibility index (Phi) is 3.14. The second-order valence-corrected chi connectivity index (χ2v) is 4.45. The van der Waals surface area contributed by atoms with E-state index in [1.807, 2.05) is 30.3 Å². The second-order valence-electron chi connectivity index (χ2n) is 4.45. The summed E-state index contributed by atoms with van der Waals surface area (Å²) in [5.41, 5.74) is 1.07. The minimum atomic E-state index is -0.275. The van der Waals surface area contributed by atoms with Crippen molar-refractivity contribution in [3.63, 3.8) is 0 Å². The third kappa shape index (κ3) is 2.31. The lowest BCUT2D eigenvalue weighted by Crippen LogP contribution is -2.05. The summed E-state index contributed by atoms with van der Waals surface area (Å²) < 4.78 is 5.38. The molecule has 2 aromatic carbocycles. The van der Waals surface area contributed by atoms with Crippen molar-refractivity contribution in [2.24, 2.45) is 0 Å². The molecule has 0 bridgehead atoms. The molecule has 0 aromatic heterocycles. The Hall–Kier alpha value is -1.83. The molecule has 2 aromatic rings. The van der Waals surface area contributed by atoms with Crippen LogP contribution in [0.3, 0.4) is 0 Å². The molecule has 0 aliphatic carbocycles. The number of esters is 1. The van der Waals surface area contributed by atoms with Crippen LogP contribution in [0, 0.1) is 0 Å². The van der Waals surface area contributed by atoms with Crippen molar-refractivity contribution in [2.45, 2.75) is 26.7 Å². The van der Waals surface area contributed by atoms with Gasteiger partial charge in [-0.05, 0) is 16.9 Å². The average Bonchev–Trinajstić information content (AvgIpc) is 2.28. The summed E-state index contributed by atoms with van der Waals surface area (Å²) in [6.45, 7) is 5.63. The molecule has 17 heavy (non-hydrogen) atoms. The number of benzene rings is 2. The summed E-state index contributed by atoms with van der Waals surface area (Å²) in [6.07, 6.45) is 0. The van der Waals surface area contributed by atoms with E-state index in [9.17, 15) is 4.79 Å². The Morgan fingerprint density at radius 2 is 1.82 bits per heavy atom. The van der Waals surface area contributed by atoms with E-state index in [0.717, 1.165) is 16.3 Å². The maximum atomic E-state index is 11.2. The minimum absolute atomic E-state index is 0.275. The summed E-state index contributed by atoms with van der Waals surface area (Å²) >= 11 is 0. The topological polar surface area (TPSA) is 26.3 Å². The molecule has 2 rings (SSSR count). The summed E-state index contributed by atoms with van der Waals surface area (Å²) in [5.74, 6) is 0.753. The van der Waals surface area contributed by atoms with Gasteiger partial charge in [-0.15, -0.1) is 0 Å². The SMILES string of the molecule is CC(=O)Oc1c(C(C)C)ccc2ccccc12. The van der Waals surface area contributed by atoms with Crippen molar-refractivity contribution < 1.29 is 9.53 Å². The number of ether oxygens (including phenoxy) is 1. The molecule has 0 radical (unpaired) electrons.